The normalized spacial score (nSPS) is 11.1. The van der Waals surface area contributed by atoms with Gasteiger partial charge < -0.3 is 4.74 Å². The van der Waals surface area contributed by atoms with Crippen molar-refractivity contribution in [1.29, 1.82) is 5.26 Å². The van der Waals surface area contributed by atoms with Gasteiger partial charge in [0.25, 0.3) is 0 Å². The number of ether oxygens (including phenoxy) is 1. The van der Waals surface area contributed by atoms with Gasteiger partial charge in [0.2, 0.25) is 0 Å². The monoisotopic (exact) mass is 309 g/mol. The van der Waals surface area contributed by atoms with E-state index < -0.39 is 15.8 Å². The van der Waals surface area contributed by atoms with Crippen LogP contribution in [0.5, 0.6) is 0 Å². The maximum atomic E-state index is 11.8. The van der Waals surface area contributed by atoms with Crippen LogP contribution in [0.4, 0.5) is 0 Å². The molecule has 0 aliphatic heterocycles. The van der Waals surface area contributed by atoms with E-state index >= 15 is 0 Å². The number of sulfone groups is 1. The van der Waals surface area contributed by atoms with E-state index in [2.05, 4.69) is 0 Å². The van der Waals surface area contributed by atoms with Gasteiger partial charge in [0, 0.05) is 6.42 Å². The average molecular weight is 309 g/mol. The topological polar surface area (TPSA) is 84.2 Å². The van der Waals surface area contributed by atoms with Crippen molar-refractivity contribution in [2.75, 3.05) is 5.75 Å². The zero-order valence-corrected chi connectivity index (χ0v) is 13.0. The van der Waals surface area contributed by atoms with E-state index in [9.17, 15) is 13.2 Å². The number of carbonyl (C=O) groups is 1. The van der Waals surface area contributed by atoms with Crippen LogP contribution in [0.15, 0.2) is 24.3 Å². The zero-order valence-electron chi connectivity index (χ0n) is 12.2. The molecule has 0 fully saturated rings. The fourth-order valence-corrected chi connectivity index (χ4v) is 3.15. The first-order chi connectivity index (χ1) is 9.84. The molecule has 114 valence electrons. The van der Waals surface area contributed by atoms with Crippen LogP contribution in [0.3, 0.4) is 0 Å². The molecule has 0 bridgehead atoms. The van der Waals surface area contributed by atoms with Crippen LogP contribution >= 0.6 is 0 Å². The molecular weight excluding hydrogens is 290 g/mol. The minimum Gasteiger partial charge on any atom is -0.459 e. The highest BCUT2D eigenvalue weighted by atomic mass is 32.2. The summed E-state index contributed by atoms with van der Waals surface area (Å²) in [6, 6.07) is 8.26. The van der Waals surface area contributed by atoms with Crippen molar-refractivity contribution < 1.29 is 17.9 Å². The molecule has 1 aromatic carbocycles. The highest BCUT2D eigenvalue weighted by Gasteiger charge is 2.13. The van der Waals surface area contributed by atoms with Gasteiger partial charge in [-0.05, 0) is 38.0 Å². The van der Waals surface area contributed by atoms with Crippen molar-refractivity contribution in [2.45, 2.75) is 38.5 Å². The fraction of sp³-hybridized carbons (Fsp3) is 0.467. The molecule has 5 nitrogen and oxygen atoms in total. The summed E-state index contributed by atoms with van der Waals surface area (Å²) in [7, 11) is -3.23. The Labute approximate surface area is 125 Å². The minimum atomic E-state index is -3.23. The number of carbonyl (C=O) groups excluding carboxylic acids is 1. The summed E-state index contributed by atoms with van der Waals surface area (Å²) >= 11 is 0. The zero-order chi connectivity index (χ0) is 15.9. The van der Waals surface area contributed by atoms with Gasteiger partial charge in [-0.3, -0.25) is 0 Å². The number of unbranched alkanes of at least 4 members (excludes halogenated alkanes) is 1. The molecule has 0 heterocycles. The van der Waals surface area contributed by atoms with Gasteiger partial charge >= 0.3 is 5.97 Å². The summed E-state index contributed by atoms with van der Waals surface area (Å²) in [6.07, 6.45) is 0.384. The van der Waals surface area contributed by atoms with Gasteiger partial charge in [-0.1, -0.05) is 12.1 Å². The second kappa shape index (κ2) is 7.79. The van der Waals surface area contributed by atoms with Crippen molar-refractivity contribution >= 4 is 15.8 Å². The minimum absolute atomic E-state index is 0.00228. The molecule has 0 amide bonds. The fourth-order valence-electron chi connectivity index (χ4n) is 1.72. The number of benzene rings is 1. The van der Waals surface area contributed by atoms with E-state index in [4.69, 9.17) is 10.00 Å². The molecule has 0 aliphatic carbocycles. The van der Waals surface area contributed by atoms with Crippen molar-refractivity contribution in [2.24, 2.45) is 0 Å². The van der Waals surface area contributed by atoms with Crippen molar-refractivity contribution in [3.8, 4) is 6.07 Å². The maximum Gasteiger partial charge on any atom is 0.338 e. The lowest BCUT2D eigenvalue weighted by Crippen LogP contribution is -2.12. The Balaban J connectivity index is 2.66. The summed E-state index contributed by atoms with van der Waals surface area (Å²) < 4.78 is 28.7. The van der Waals surface area contributed by atoms with Crippen molar-refractivity contribution in [3.05, 3.63) is 35.4 Å². The Morgan fingerprint density at radius 3 is 2.43 bits per heavy atom. The van der Waals surface area contributed by atoms with E-state index in [1.54, 1.807) is 38.1 Å². The Bertz CT molecular complexity index is 612. The number of hydrogen-bond acceptors (Lipinski definition) is 5. The van der Waals surface area contributed by atoms with Crippen LogP contribution in [0.1, 0.15) is 42.6 Å². The molecule has 0 atom stereocenters. The molecule has 0 aromatic heterocycles. The van der Waals surface area contributed by atoms with Crippen LogP contribution in [0.2, 0.25) is 0 Å². The Hall–Kier alpha value is -1.87. The van der Waals surface area contributed by atoms with Gasteiger partial charge in [-0.15, -0.1) is 0 Å². The van der Waals surface area contributed by atoms with Gasteiger partial charge in [-0.25, -0.2) is 13.2 Å². The van der Waals surface area contributed by atoms with Gasteiger partial charge in [0.15, 0.2) is 9.84 Å². The van der Waals surface area contributed by atoms with Gasteiger partial charge in [-0.2, -0.15) is 5.26 Å². The number of hydrogen-bond donors (Lipinski definition) is 0. The van der Waals surface area contributed by atoms with E-state index in [-0.39, 0.29) is 24.0 Å². The van der Waals surface area contributed by atoms with E-state index in [0.29, 0.717) is 17.5 Å². The van der Waals surface area contributed by atoms with E-state index in [1.807, 2.05) is 6.07 Å². The lowest BCUT2D eigenvalue weighted by Gasteiger charge is -2.08. The molecule has 0 N–H and O–H groups in total. The van der Waals surface area contributed by atoms with E-state index in [1.165, 1.54) is 0 Å². The lowest BCUT2D eigenvalue weighted by molar-refractivity contribution is 0.0378. The van der Waals surface area contributed by atoms with Crippen LogP contribution in [0, 0.1) is 11.3 Å². The first kappa shape index (κ1) is 17.2. The van der Waals surface area contributed by atoms with Crippen LogP contribution in [-0.2, 0) is 20.3 Å². The van der Waals surface area contributed by atoms with Crippen LogP contribution < -0.4 is 0 Å². The third-order valence-electron chi connectivity index (χ3n) is 2.66. The Morgan fingerprint density at radius 1 is 1.29 bits per heavy atom. The van der Waals surface area contributed by atoms with Gasteiger partial charge in [0.05, 0.1) is 29.2 Å². The largest absolute Gasteiger partial charge is 0.459 e. The Morgan fingerprint density at radius 2 is 1.90 bits per heavy atom. The van der Waals surface area contributed by atoms with Crippen molar-refractivity contribution in [3.63, 3.8) is 0 Å². The predicted molar refractivity (Wildman–Crippen MR) is 79.3 cm³/mol. The quantitative estimate of drug-likeness (QED) is 0.570. The predicted octanol–water partition coefficient (Wildman–Crippen LogP) is 2.47. The highest BCUT2D eigenvalue weighted by molar-refractivity contribution is 7.90. The van der Waals surface area contributed by atoms with Crippen LogP contribution in [0.25, 0.3) is 0 Å². The molecule has 0 saturated heterocycles. The summed E-state index contributed by atoms with van der Waals surface area (Å²) in [5.41, 5.74) is 1.02. The first-order valence-corrected chi connectivity index (χ1v) is 8.53. The molecule has 0 aliphatic rings. The molecule has 0 spiro atoms. The Kier molecular flexibility index (Phi) is 6.38. The molecular formula is C15H19NO4S. The summed E-state index contributed by atoms with van der Waals surface area (Å²) in [6.45, 7) is 3.53. The smallest absolute Gasteiger partial charge is 0.338 e. The molecule has 6 heteroatoms. The summed E-state index contributed by atoms with van der Waals surface area (Å²) in [5, 5.41) is 8.41. The highest BCUT2D eigenvalue weighted by Crippen LogP contribution is 2.11. The third-order valence-corrected chi connectivity index (χ3v) is 4.35. The average Bonchev–Trinajstić information content (AvgIpc) is 2.38. The molecule has 1 aromatic rings. The second-order valence-electron chi connectivity index (χ2n) is 5.00. The standard InChI is InChI=1S/C15H19NO4S/c1-12(2)20-15(17)14-7-5-13(6-8-14)11-21(18,19)10-4-3-9-16/h5-8,12H,3-4,10-11H2,1-2H3. The molecule has 0 saturated carbocycles. The number of rotatable bonds is 7. The lowest BCUT2D eigenvalue weighted by atomic mass is 10.1. The molecule has 21 heavy (non-hydrogen) atoms. The van der Waals surface area contributed by atoms with Gasteiger partial charge in [0.1, 0.15) is 0 Å². The number of nitriles is 1. The van der Waals surface area contributed by atoms with Crippen LogP contribution in [-0.4, -0.2) is 26.2 Å². The SMILES string of the molecule is CC(C)OC(=O)c1ccc(CS(=O)(=O)CCCC#N)cc1. The molecule has 1 rings (SSSR count). The second-order valence-corrected chi connectivity index (χ2v) is 7.19. The molecule has 0 radical (unpaired) electrons. The number of nitrogens with zero attached hydrogens (tertiary/aromatic N) is 1. The third kappa shape index (κ3) is 6.41. The van der Waals surface area contributed by atoms with Crippen molar-refractivity contribution in [1.82, 2.24) is 0 Å². The molecule has 0 unspecified atom stereocenters. The maximum absolute atomic E-state index is 11.8. The summed E-state index contributed by atoms with van der Waals surface area (Å²) in [5.74, 6) is -0.510. The first-order valence-electron chi connectivity index (χ1n) is 6.71. The number of esters is 1. The van der Waals surface area contributed by atoms with E-state index in [0.717, 1.165) is 0 Å². The summed E-state index contributed by atoms with van der Waals surface area (Å²) in [4.78, 5) is 11.7.